The second-order valence-electron chi connectivity index (χ2n) is 5.67. The van der Waals surface area contributed by atoms with Gasteiger partial charge in [-0.15, -0.1) is 0 Å². The van der Waals surface area contributed by atoms with Gasteiger partial charge in [0.15, 0.2) is 0 Å². The van der Waals surface area contributed by atoms with E-state index >= 15 is 0 Å². The number of rotatable bonds is 3. The van der Waals surface area contributed by atoms with Crippen LogP contribution in [0.3, 0.4) is 0 Å². The van der Waals surface area contributed by atoms with Crippen LogP contribution in [0, 0.1) is 5.92 Å². The summed E-state index contributed by atoms with van der Waals surface area (Å²) in [5.41, 5.74) is 0. The number of likely N-dealkylation sites (tertiary alicyclic amines) is 1. The Hall–Kier alpha value is -0.620. The molecule has 2 aliphatic heterocycles. The van der Waals surface area contributed by atoms with E-state index in [2.05, 4.69) is 6.92 Å². The molecule has 19 heavy (non-hydrogen) atoms. The second kappa shape index (κ2) is 5.79. The third-order valence-corrected chi connectivity index (χ3v) is 5.71. The van der Waals surface area contributed by atoms with E-state index in [-0.39, 0.29) is 11.8 Å². The van der Waals surface area contributed by atoms with Gasteiger partial charge < -0.3 is 4.90 Å². The maximum atomic E-state index is 12.5. The maximum absolute atomic E-state index is 12.5. The molecule has 1 amide bonds. The molecule has 2 fully saturated rings. The minimum atomic E-state index is -3.10. The first-order valence-corrected chi connectivity index (χ1v) is 9.04. The lowest BCUT2D eigenvalue weighted by atomic mass is 9.96. The molecule has 2 saturated heterocycles. The quantitative estimate of drug-likeness (QED) is 0.780. The van der Waals surface area contributed by atoms with Gasteiger partial charge >= 0.3 is 0 Å². The summed E-state index contributed by atoms with van der Waals surface area (Å²) in [6.07, 6.45) is 5.81. The van der Waals surface area contributed by atoms with Gasteiger partial charge in [-0.25, -0.2) is 12.7 Å². The number of amides is 1. The Morgan fingerprint density at radius 1 is 1.16 bits per heavy atom. The normalized spacial score (nSPS) is 26.8. The van der Waals surface area contributed by atoms with Crippen molar-refractivity contribution in [3.8, 4) is 0 Å². The summed E-state index contributed by atoms with van der Waals surface area (Å²) in [6, 6.07) is 0.403. The van der Waals surface area contributed by atoms with Crippen LogP contribution in [0.2, 0.25) is 0 Å². The molecule has 1 atom stereocenters. The van der Waals surface area contributed by atoms with E-state index in [1.807, 2.05) is 4.90 Å². The molecule has 0 bridgehead atoms. The van der Waals surface area contributed by atoms with Crippen molar-refractivity contribution in [1.29, 1.82) is 0 Å². The van der Waals surface area contributed by atoms with Crippen molar-refractivity contribution >= 4 is 15.9 Å². The van der Waals surface area contributed by atoms with E-state index < -0.39 is 10.0 Å². The van der Waals surface area contributed by atoms with Crippen molar-refractivity contribution in [2.45, 2.75) is 45.1 Å². The summed E-state index contributed by atoms with van der Waals surface area (Å²) in [5, 5.41) is 0. The minimum absolute atomic E-state index is 0.0187. The van der Waals surface area contributed by atoms with Crippen LogP contribution in [0.5, 0.6) is 0 Å². The van der Waals surface area contributed by atoms with E-state index in [9.17, 15) is 13.2 Å². The van der Waals surface area contributed by atoms with Gasteiger partial charge in [-0.1, -0.05) is 6.92 Å². The SMILES string of the molecule is CCC1CCCN1C(=O)C1CCN(S(C)(=O)=O)CC1. The molecule has 110 valence electrons. The largest absolute Gasteiger partial charge is 0.339 e. The van der Waals surface area contributed by atoms with Crippen LogP contribution in [0.4, 0.5) is 0 Å². The summed E-state index contributed by atoms with van der Waals surface area (Å²) in [7, 11) is -3.10. The lowest BCUT2D eigenvalue weighted by Gasteiger charge is -2.33. The van der Waals surface area contributed by atoms with Crippen LogP contribution in [-0.2, 0) is 14.8 Å². The highest BCUT2D eigenvalue weighted by Crippen LogP contribution is 2.27. The monoisotopic (exact) mass is 288 g/mol. The Balaban J connectivity index is 1.92. The molecule has 0 N–H and O–H groups in total. The van der Waals surface area contributed by atoms with Gasteiger partial charge in [0, 0.05) is 31.6 Å². The Morgan fingerprint density at radius 3 is 2.32 bits per heavy atom. The van der Waals surface area contributed by atoms with Crippen molar-refractivity contribution in [3.63, 3.8) is 0 Å². The highest BCUT2D eigenvalue weighted by molar-refractivity contribution is 7.88. The maximum Gasteiger partial charge on any atom is 0.226 e. The third-order valence-electron chi connectivity index (χ3n) is 4.40. The lowest BCUT2D eigenvalue weighted by Crippen LogP contribution is -2.45. The molecule has 0 radical (unpaired) electrons. The fraction of sp³-hybridized carbons (Fsp3) is 0.923. The lowest BCUT2D eigenvalue weighted by molar-refractivity contribution is -0.137. The summed E-state index contributed by atoms with van der Waals surface area (Å²) in [5.74, 6) is 0.266. The fourth-order valence-corrected chi connectivity index (χ4v) is 4.09. The van der Waals surface area contributed by atoms with E-state index in [1.54, 1.807) is 0 Å². The number of sulfonamides is 1. The van der Waals surface area contributed by atoms with Crippen LogP contribution in [-0.4, -0.2) is 55.5 Å². The molecule has 0 aromatic carbocycles. The Morgan fingerprint density at radius 2 is 1.79 bits per heavy atom. The zero-order valence-electron chi connectivity index (χ0n) is 11.8. The van der Waals surface area contributed by atoms with E-state index in [0.29, 0.717) is 32.0 Å². The van der Waals surface area contributed by atoms with Gasteiger partial charge in [-0.2, -0.15) is 0 Å². The Labute approximate surface area is 116 Å². The van der Waals surface area contributed by atoms with Crippen molar-refractivity contribution in [1.82, 2.24) is 9.21 Å². The van der Waals surface area contributed by atoms with Crippen LogP contribution in [0.1, 0.15) is 39.0 Å². The van der Waals surface area contributed by atoms with E-state index in [4.69, 9.17) is 0 Å². The van der Waals surface area contributed by atoms with Crippen LogP contribution >= 0.6 is 0 Å². The molecule has 2 heterocycles. The number of carbonyl (C=O) groups is 1. The van der Waals surface area contributed by atoms with Gasteiger partial charge in [-0.05, 0) is 32.1 Å². The summed E-state index contributed by atoms with van der Waals surface area (Å²) in [6.45, 7) is 3.98. The zero-order valence-corrected chi connectivity index (χ0v) is 12.7. The first-order valence-electron chi connectivity index (χ1n) is 7.19. The second-order valence-corrected chi connectivity index (χ2v) is 7.65. The van der Waals surface area contributed by atoms with E-state index in [0.717, 1.165) is 25.8 Å². The molecule has 2 aliphatic rings. The average Bonchev–Trinajstić information content (AvgIpc) is 2.85. The van der Waals surface area contributed by atoms with Crippen LogP contribution < -0.4 is 0 Å². The zero-order chi connectivity index (χ0) is 14.0. The number of carbonyl (C=O) groups excluding carboxylic acids is 1. The van der Waals surface area contributed by atoms with Crippen molar-refractivity contribution in [2.75, 3.05) is 25.9 Å². The van der Waals surface area contributed by atoms with Gasteiger partial charge in [0.2, 0.25) is 15.9 Å². The molecule has 2 rings (SSSR count). The Bertz CT molecular complexity index is 427. The molecule has 6 heteroatoms. The first-order chi connectivity index (χ1) is 8.93. The molecule has 0 aromatic heterocycles. The molecule has 0 aliphatic carbocycles. The fourth-order valence-electron chi connectivity index (χ4n) is 3.22. The van der Waals surface area contributed by atoms with E-state index in [1.165, 1.54) is 10.6 Å². The molecular weight excluding hydrogens is 264 g/mol. The highest BCUT2D eigenvalue weighted by atomic mass is 32.2. The van der Waals surface area contributed by atoms with Crippen molar-refractivity contribution < 1.29 is 13.2 Å². The number of hydrogen-bond donors (Lipinski definition) is 0. The standard InChI is InChI=1S/C13H24N2O3S/c1-3-12-5-4-8-15(12)13(16)11-6-9-14(10-7-11)19(2,17)18/h11-12H,3-10H2,1-2H3. The van der Waals surface area contributed by atoms with Gasteiger partial charge in [-0.3, -0.25) is 4.79 Å². The molecular formula is C13H24N2O3S. The average molecular weight is 288 g/mol. The summed E-state index contributed by atoms with van der Waals surface area (Å²) in [4.78, 5) is 14.5. The minimum Gasteiger partial charge on any atom is -0.339 e. The molecule has 0 spiro atoms. The van der Waals surface area contributed by atoms with Gasteiger partial charge in [0.1, 0.15) is 0 Å². The molecule has 5 nitrogen and oxygen atoms in total. The van der Waals surface area contributed by atoms with Crippen molar-refractivity contribution in [2.24, 2.45) is 5.92 Å². The molecule has 0 saturated carbocycles. The van der Waals surface area contributed by atoms with Gasteiger partial charge in [0.05, 0.1) is 6.26 Å². The predicted octanol–water partition coefficient (Wildman–Crippen LogP) is 1.06. The summed E-state index contributed by atoms with van der Waals surface area (Å²) < 4.78 is 24.4. The Kier molecular flexibility index (Phi) is 4.50. The van der Waals surface area contributed by atoms with Gasteiger partial charge in [0.25, 0.3) is 0 Å². The van der Waals surface area contributed by atoms with Crippen LogP contribution in [0.25, 0.3) is 0 Å². The van der Waals surface area contributed by atoms with Crippen molar-refractivity contribution in [3.05, 3.63) is 0 Å². The highest BCUT2D eigenvalue weighted by Gasteiger charge is 2.35. The topological polar surface area (TPSA) is 57.7 Å². The summed E-state index contributed by atoms with van der Waals surface area (Å²) >= 11 is 0. The third kappa shape index (κ3) is 3.28. The first kappa shape index (κ1) is 14.8. The van der Waals surface area contributed by atoms with Crippen LogP contribution in [0.15, 0.2) is 0 Å². The smallest absolute Gasteiger partial charge is 0.226 e. The molecule has 1 unspecified atom stereocenters. The molecule has 0 aromatic rings. The number of hydrogen-bond acceptors (Lipinski definition) is 3. The number of nitrogens with zero attached hydrogens (tertiary/aromatic N) is 2. The number of piperidine rings is 1. The predicted molar refractivity (Wildman–Crippen MR) is 74.2 cm³/mol.